The van der Waals surface area contributed by atoms with Gasteiger partial charge >= 0.3 is 0 Å². The highest BCUT2D eigenvalue weighted by atomic mass is 16.8. The van der Waals surface area contributed by atoms with Crippen molar-refractivity contribution in [2.24, 2.45) is 0 Å². The zero-order valence-corrected chi connectivity index (χ0v) is 18.6. The van der Waals surface area contributed by atoms with Gasteiger partial charge in [0, 0.05) is 18.8 Å². The molecule has 0 radical (unpaired) electrons. The molecule has 0 aliphatic carbocycles. The Morgan fingerprint density at radius 3 is 2.74 bits per heavy atom. The number of nitrogens with two attached hydrogens (primary N) is 1. The highest BCUT2D eigenvalue weighted by Crippen LogP contribution is 2.44. The molecule has 3 aromatic heterocycles. The number of anilines is 1. The molecule has 1 aromatic carbocycles. The molecule has 1 unspecified atom stereocenters. The number of ether oxygens (including phenoxy) is 3. The zero-order chi connectivity index (χ0) is 24.1. The number of carbonyl (C=O) groups is 1. The van der Waals surface area contributed by atoms with Gasteiger partial charge in [-0.1, -0.05) is 30.3 Å². The van der Waals surface area contributed by atoms with Crippen LogP contribution in [-0.4, -0.2) is 72.3 Å². The zero-order valence-electron chi connectivity index (χ0n) is 18.6. The summed E-state index contributed by atoms with van der Waals surface area (Å²) < 4.78 is 21.5. The van der Waals surface area contributed by atoms with E-state index in [1.54, 1.807) is 10.9 Å². The van der Waals surface area contributed by atoms with E-state index in [4.69, 9.17) is 19.9 Å². The predicted molar refractivity (Wildman–Crippen MR) is 120 cm³/mol. The molecular weight excluding hydrogens is 456 g/mol. The van der Waals surface area contributed by atoms with Crippen LogP contribution < -0.4 is 11.1 Å². The molecule has 4 N–H and O–H groups in total. The quantitative estimate of drug-likeness (QED) is 0.364. The first kappa shape index (κ1) is 21.6. The number of aliphatic hydroxyl groups is 1. The van der Waals surface area contributed by atoms with Crippen LogP contribution in [0, 0.1) is 0 Å². The third-order valence-corrected chi connectivity index (χ3v) is 6.09. The van der Waals surface area contributed by atoms with Crippen LogP contribution in [0.2, 0.25) is 0 Å². The lowest BCUT2D eigenvalue weighted by atomic mass is 10.1. The van der Waals surface area contributed by atoms with E-state index in [9.17, 15) is 9.90 Å². The molecular formula is C22H22N8O5. The van der Waals surface area contributed by atoms with Crippen LogP contribution in [0.25, 0.3) is 17.1 Å². The van der Waals surface area contributed by atoms with Gasteiger partial charge in [0.2, 0.25) is 0 Å². The van der Waals surface area contributed by atoms with Gasteiger partial charge in [-0.25, -0.2) is 9.67 Å². The van der Waals surface area contributed by atoms with Crippen molar-refractivity contribution in [1.29, 1.82) is 0 Å². The van der Waals surface area contributed by atoms with Crippen LogP contribution in [0.3, 0.4) is 0 Å². The van der Waals surface area contributed by atoms with E-state index in [2.05, 4.69) is 25.4 Å². The molecule has 4 aromatic rings. The van der Waals surface area contributed by atoms with Gasteiger partial charge in [-0.15, -0.1) is 0 Å². The number of nitrogen functional groups attached to an aromatic ring is 1. The van der Waals surface area contributed by atoms with Gasteiger partial charge in [-0.05, 0) is 0 Å². The highest BCUT2D eigenvalue weighted by molar-refractivity contribution is 5.93. The molecule has 0 saturated carbocycles. The predicted octanol–water partition coefficient (Wildman–Crippen LogP) is 0.326. The number of nitrogens with one attached hydrogen (secondary N) is 1. The lowest BCUT2D eigenvalue weighted by molar-refractivity contribution is -0.153. The molecule has 13 nitrogen and oxygen atoms in total. The molecule has 2 aliphatic rings. The number of aliphatic hydroxyl groups excluding tert-OH is 1. The average molecular weight is 478 g/mol. The number of benzene rings is 1. The lowest BCUT2D eigenvalue weighted by Gasteiger charge is -2.20. The molecule has 2 saturated heterocycles. The van der Waals surface area contributed by atoms with Gasteiger partial charge in [0.15, 0.2) is 24.0 Å². The third-order valence-electron chi connectivity index (χ3n) is 6.09. The number of rotatable bonds is 5. The lowest BCUT2D eigenvalue weighted by Crippen LogP contribution is -2.30. The fraction of sp³-hybridized carbons (Fsp3) is 0.318. The van der Waals surface area contributed by atoms with Crippen LogP contribution in [0.15, 0.2) is 49.1 Å². The van der Waals surface area contributed by atoms with Gasteiger partial charge in [0.1, 0.15) is 23.8 Å². The maximum atomic E-state index is 11.9. The van der Waals surface area contributed by atoms with Crippen molar-refractivity contribution in [2.75, 3.05) is 19.4 Å². The summed E-state index contributed by atoms with van der Waals surface area (Å²) in [7, 11) is 1.53. The number of hydrogen-bond acceptors (Lipinski definition) is 10. The van der Waals surface area contributed by atoms with Crippen molar-refractivity contribution in [3.63, 3.8) is 0 Å². The molecule has 35 heavy (non-hydrogen) atoms. The van der Waals surface area contributed by atoms with Crippen LogP contribution in [0.4, 0.5) is 5.82 Å². The first-order valence-electron chi connectivity index (χ1n) is 11.0. The van der Waals surface area contributed by atoms with Gasteiger partial charge in [-0.2, -0.15) is 15.1 Å². The summed E-state index contributed by atoms with van der Waals surface area (Å²) in [5, 5.41) is 16.6. The molecule has 5 heterocycles. The molecule has 1 amide bonds. The second kappa shape index (κ2) is 8.39. The fourth-order valence-electron chi connectivity index (χ4n) is 4.38. The number of imidazole rings is 1. The monoisotopic (exact) mass is 478 g/mol. The summed E-state index contributed by atoms with van der Waals surface area (Å²) >= 11 is 0. The van der Waals surface area contributed by atoms with E-state index in [-0.39, 0.29) is 24.3 Å². The van der Waals surface area contributed by atoms with E-state index in [1.807, 2.05) is 30.3 Å². The second-order valence-electron chi connectivity index (χ2n) is 8.18. The van der Waals surface area contributed by atoms with Crippen LogP contribution in [0.5, 0.6) is 0 Å². The minimum absolute atomic E-state index is 0.139. The number of amides is 1. The molecule has 180 valence electrons. The average Bonchev–Trinajstić information content (AvgIpc) is 3.67. The summed E-state index contributed by atoms with van der Waals surface area (Å²) in [5.74, 6) is 0.00722. The maximum Gasteiger partial charge on any atom is 0.254 e. The van der Waals surface area contributed by atoms with Crippen LogP contribution >= 0.6 is 0 Å². The Labute approximate surface area is 198 Å². The Hall–Kier alpha value is -3.91. The normalized spacial score (nSPS) is 25.7. The summed E-state index contributed by atoms with van der Waals surface area (Å²) in [6, 6.07) is 9.56. The Balaban J connectivity index is 1.37. The third kappa shape index (κ3) is 3.52. The first-order valence-corrected chi connectivity index (χ1v) is 11.0. The van der Waals surface area contributed by atoms with E-state index in [1.165, 1.54) is 24.1 Å². The molecule has 2 fully saturated rings. The number of nitrogens with zero attached hydrogens (tertiary/aromatic N) is 6. The number of hydrogen-bond donors (Lipinski definition) is 3. The largest absolute Gasteiger partial charge is 0.394 e. The van der Waals surface area contributed by atoms with E-state index in [0.29, 0.717) is 16.7 Å². The smallest absolute Gasteiger partial charge is 0.254 e. The van der Waals surface area contributed by atoms with Crippen molar-refractivity contribution in [3.05, 3.63) is 60.2 Å². The number of carbonyl (C=O) groups excluding carboxylic acids is 1. The van der Waals surface area contributed by atoms with Crippen LogP contribution in [-0.2, 0) is 14.2 Å². The van der Waals surface area contributed by atoms with E-state index < -0.39 is 30.8 Å². The fourth-order valence-corrected chi connectivity index (χ4v) is 4.38. The van der Waals surface area contributed by atoms with Gasteiger partial charge in [0.25, 0.3) is 11.9 Å². The topological polar surface area (TPSA) is 164 Å². The van der Waals surface area contributed by atoms with Gasteiger partial charge in [-0.3, -0.25) is 9.36 Å². The minimum Gasteiger partial charge on any atom is -0.394 e. The minimum atomic E-state index is -0.683. The Morgan fingerprint density at radius 2 is 1.97 bits per heavy atom. The summed E-state index contributed by atoms with van der Waals surface area (Å²) in [6.07, 6.45) is 1.55. The second-order valence-corrected chi connectivity index (χ2v) is 8.18. The Kier molecular flexibility index (Phi) is 5.18. The van der Waals surface area contributed by atoms with Crippen molar-refractivity contribution < 1.29 is 24.1 Å². The van der Waals surface area contributed by atoms with Crippen LogP contribution in [0.1, 0.15) is 28.4 Å². The van der Waals surface area contributed by atoms with Crippen molar-refractivity contribution >= 4 is 22.9 Å². The van der Waals surface area contributed by atoms with E-state index >= 15 is 0 Å². The Bertz CT molecular complexity index is 1390. The summed E-state index contributed by atoms with van der Waals surface area (Å²) in [4.78, 5) is 25.2. The molecule has 6 rings (SSSR count). The SMILES string of the molecule is CNC(=O)c1cnn(-c2nc(N)c3ncn([C@@H]4O[C@H](CO)[C@@H]5OC(c6ccccc6)O[C@@H]54)c3n2)c1. The molecule has 0 spiro atoms. The van der Waals surface area contributed by atoms with Crippen molar-refractivity contribution in [1.82, 2.24) is 34.6 Å². The van der Waals surface area contributed by atoms with E-state index in [0.717, 1.165) is 5.56 Å². The first-order chi connectivity index (χ1) is 17.1. The molecule has 13 heteroatoms. The van der Waals surface area contributed by atoms with Gasteiger partial charge < -0.3 is 30.4 Å². The standard InChI is InChI=1S/C22H22N8O5/c1-24-19(32)12-7-26-30(8-12)22-27-17(23)14-18(28-22)29(10-25-14)20-16-15(13(9-31)33-20)34-21(35-16)11-5-3-2-4-6-11/h2-8,10,13,15-16,20-21,31H,9H2,1H3,(H,24,32)(H2,23,27,28)/t13-,15+,16+,20-,21?/m1/s1. The van der Waals surface area contributed by atoms with Gasteiger partial charge in [0.05, 0.1) is 24.7 Å². The number of aromatic nitrogens is 6. The molecule has 0 bridgehead atoms. The summed E-state index contributed by atoms with van der Waals surface area (Å²) in [6.45, 7) is -0.243. The Morgan fingerprint density at radius 1 is 1.17 bits per heavy atom. The molecule has 5 atom stereocenters. The van der Waals surface area contributed by atoms with Crippen molar-refractivity contribution in [2.45, 2.75) is 30.8 Å². The van der Waals surface area contributed by atoms with Crippen molar-refractivity contribution in [3.8, 4) is 5.95 Å². The summed E-state index contributed by atoms with van der Waals surface area (Å²) in [5.41, 5.74) is 8.15. The highest BCUT2D eigenvalue weighted by Gasteiger charge is 2.53. The molecule has 2 aliphatic heterocycles. The number of fused-ring (bicyclic) bond motifs is 2. The maximum absolute atomic E-state index is 11.9.